The zero-order valence-electron chi connectivity index (χ0n) is 37.9. The summed E-state index contributed by atoms with van der Waals surface area (Å²) in [6.07, 6.45) is 0. The molecule has 11 aromatic rings. The maximum atomic E-state index is 9.73. The molecule has 71 heavy (non-hydrogen) atoms. The average molecular weight is 908 g/mol. The van der Waals surface area contributed by atoms with Crippen LogP contribution in [0.5, 0.6) is 0 Å². The zero-order chi connectivity index (χ0) is 48.3. The fourth-order valence-corrected chi connectivity index (χ4v) is 9.10. The molecule has 0 N–H and O–H groups in total. The van der Waals surface area contributed by atoms with Gasteiger partial charge in [0.2, 0.25) is 0 Å². The van der Waals surface area contributed by atoms with E-state index in [1.165, 1.54) is 0 Å². The number of nitriles is 4. The smallest absolute Gasteiger partial charge is 0.160 e. The van der Waals surface area contributed by atoms with Gasteiger partial charge in [-0.05, 0) is 152 Å². The van der Waals surface area contributed by atoms with Crippen LogP contribution in [0.3, 0.4) is 0 Å². The van der Waals surface area contributed by atoms with Gasteiger partial charge in [-0.15, -0.1) is 0 Å². The van der Waals surface area contributed by atoms with E-state index in [1.807, 2.05) is 121 Å². The van der Waals surface area contributed by atoms with Crippen molar-refractivity contribution in [2.24, 2.45) is 0 Å². The fraction of sp³-hybridized carbons (Fsp3) is 0. The number of aromatic nitrogens is 3. The van der Waals surface area contributed by atoms with Gasteiger partial charge in [-0.25, -0.2) is 9.97 Å². The number of rotatable bonds is 10. The standard InChI is InChI=1S/C62H37N9/c63-38-42-17-23-51(24-18-42)69(49-13-3-1-4-14-49)54-29-31-60-56(35-54)57-36-55(70(50-15-5-2-6-16-50)52-25-19-43(39-64)20-26-52)30-32-61(57)71(60)53-27-21-46(22-28-53)58-37-59(47-11-7-9-44(33-47)40-65)68-62(67-58)48-12-8-10-45(34-48)41-66/h1-37H. The molecule has 0 spiro atoms. The Hall–Kier alpha value is -10.6. The molecule has 0 amide bonds. The van der Waals surface area contributed by atoms with Crippen LogP contribution in [0.25, 0.3) is 61.4 Å². The SMILES string of the molecule is N#Cc1ccc(N(c2ccccc2)c2ccc3c(c2)c2cc(N(c4ccccc4)c4ccc(C#N)cc4)ccc2n3-c2ccc(-c3cc(-c4cccc(C#N)c4)nc(-c4cccc(C#N)c4)n3)cc2)cc1. The highest BCUT2D eigenvalue weighted by Gasteiger charge is 2.21. The first-order chi connectivity index (χ1) is 35.0. The Balaban J connectivity index is 1.09. The van der Waals surface area contributed by atoms with Crippen LogP contribution in [0.15, 0.2) is 224 Å². The van der Waals surface area contributed by atoms with Gasteiger partial charge in [0.1, 0.15) is 0 Å². The lowest BCUT2D eigenvalue weighted by Crippen LogP contribution is -2.10. The lowest BCUT2D eigenvalue weighted by molar-refractivity contribution is 1.17. The molecule has 2 heterocycles. The predicted molar refractivity (Wildman–Crippen MR) is 281 cm³/mol. The number of anilines is 6. The van der Waals surface area contributed by atoms with Crippen LogP contribution in [0.2, 0.25) is 0 Å². The molecule has 9 heteroatoms. The van der Waals surface area contributed by atoms with Gasteiger partial charge in [0.15, 0.2) is 5.82 Å². The predicted octanol–water partition coefficient (Wildman–Crippen LogP) is 15.0. The van der Waals surface area contributed by atoms with Gasteiger partial charge in [-0.3, -0.25) is 0 Å². The Morgan fingerprint density at radius 1 is 0.324 bits per heavy atom. The van der Waals surface area contributed by atoms with Crippen molar-refractivity contribution in [1.82, 2.24) is 14.5 Å². The number of hydrogen-bond donors (Lipinski definition) is 0. The minimum atomic E-state index is 0.464. The van der Waals surface area contributed by atoms with Gasteiger partial charge in [-0.2, -0.15) is 21.0 Å². The number of hydrogen-bond acceptors (Lipinski definition) is 8. The van der Waals surface area contributed by atoms with Gasteiger partial charge in [0.05, 0.1) is 69.0 Å². The van der Waals surface area contributed by atoms with Gasteiger partial charge < -0.3 is 14.4 Å². The molecule has 330 valence electrons. The second-order valence-corrected chi connectivity index (χ2v) is 16.8. The van der Waals surface area contributed by atoms with Crippen molar-refractivity contribution in [2.45, 2.75) is 0 Å². The van der Waals surface area contributed by atoms with Crippen LogP contribution in [-0.2, 0) is 0 Å². The summed E-state index contributed by atoms with van der Waals surface area (Å²) in [6.45, 7) is 0. The van der Waals surface area contributed by atoms with Crippen LogP contribution in [0.4, 0.5) is 34.1 Å². The van der Waals surface area contributed by atoms with E-state index in [0.717, 1.165) is 72.7 Å². The van der Waals surface area contributed by atoms with Gasteiger partial charge in [-0.1, -0.05) is 72.8 Å². The molecule has 0 saturated heterocycles. The molecule has 0 aliphatic carbocycles. The number of fused-ring (bicyclic) bond motifs is 3. The highest BCUT2D eigenvalue weighted by atomic mass is 15.1. The van der Waals surface area contributed by atoms with Crippen molar-refractivity contribution < 1.29 is 0 Å². The summed E-state index contributed by atoms with van der Waals surface area (Å²) in [4.78, 5) is 14.4. The lowest BCUT2D eigenvalue weighted by atomic mass is 10.0. The normalized spacial score (nSPS) is 10.8. The maximum Gasteiger partial charge on any atom is 0.160 e. The Morgan fingerprint density at radius 2 is 0.746 bits per heavy atom. The van der Waals surface area contributed by atoms with E-state index in [2.05, 4.69) is 124 Å². The minimum Gasteiger partial charge on any atom is -0.310 e. The molecule has 0 radical (unpaired) electrons. The third-order valence-corrected chi connectivity index (χ3v) is 12.5. The van der Waals surface area contributed by atoms with Gasteiger partial charge >= 0.3 is 0 Å². The van der Waals surface area contributed by atoms with Crippen molar-refractivity contribution >= 4 is 55.9 Å². The largest absolute Gasteiger partial charge is 0.310 e. The average Bonchev–Trinajstić information content (AvgIpc) is 3.77. The Labute approximate surface area is 410 Å². The third-order valence-electron chi connectivity index (χ3n) is 12.5. The van der Waals surface area contributed by atoms with Crippen molar-refractivity contribution in [3.63, 3.8) is 0 Å². The molecule has 0 fully saturated rings. The summed E-state index contributed by atoms with van der Waals surface area (Å²) in [7, 11) is 0. The van der Waals surface area contributed by atoms with E-state index < -0.39 is 0 Å². The maximum absolute atomic E-state index is 9.73. The van der Waals surface area contributed by atoms with Crippen LogP contribution >= 0.6 is 0 Å². The summed E-state index contributed by atoms with van der Waals surface area (Å²) in [5, 5.41) is 40.8. The van der Waals surface area contributed by atoms with Crippen molar-refractivity contribution in [3.8, 4) is 63.9 Å². The van der Waals surface area contributed by atoms with E-state index >= 15 is 0 Å². The minimum absolute atomic E-state index is 0.464. The quantitative estimate of drug-likeness (QED) is 0.132. The van der Waals surface area contributed by atoms with E-state index in [1.54, 1.807) is 18.2 Å². The molecule has 2 aromatic heterocycles. The molecule has 0 bridgehead atoms. The topological polar surface area (TPSA) is 132 Å². The zero-order valence-corrected chi connectivity index (χ0v) is 37.9. The second kappa shape index (κ2) is 18.6. The van der Waals surface area contributed by atoms with Crippen molar-refractivity contribution in [3.05, 3.63) is 247 Å². The molecule has 9 nitrogen and oxygen atoms in total. The molecule has 0 saturated carbocycles. The fourth-order valence-electron chi connectivity index (χ4n) is 9.10. The molecule has 0 aliphatic heterocycles. The molecule has 0 aliphatic rings. The number of benzene rings is 9. The van der Waals surface area contributed by atoms with Crippen LogP contribution in [0.1, 0.15) is 22.3 Å². The van der Waals surface area contributed by atoms with Crippen LogP contribution < -0.4 is 9.80 Å². The summed E-state index contributed by atoms with van der Waals surface area (Å²) < 4.78 is 2.28. The van der Waals surface area contributed by atoms with Crippen molar-refractivity contribution in [2.75, 3.05) is 9.80 Å². The Kier molecular flexibility index (Phi) is 11.3. The summed E-state index contributed by atoms with van der Waals surface area (Å²) in [5.41, 5.74) is 14.5. The number of nitrogens with zero attached hydrogens (tertiary/aromatic N) is 9. The van der Waals surface area contributed by atoms with Gasteiger partial charge in [0.25, 0.3) is 0 Å². The Morgan fingerprint density at radius 3 is 1.23 bits per heavy atom. The molecular formula is C62H37N9. The highest BCUT2D eigenvalue weighted by molar-refractivity contribution is 6.12. The first-order valence-electron chi connectivity index (χ1n) is 22.8. The van der Waals surface area contributed by atoms with Gasteiger partial charge in [0, 0.05) is 67.3 Å². The van der Waals surface area contributed by atoms with E-state index in [4.69, 9.17) is 9.97 Å². The van der Waals surface area contributed by atoms with Crippen LogP contribution in [0, 0.1) is 45.3 Å². The summed E-state index contributed by atoms with van der Waals surface area (Å²) in [5.74, 6) is 0.464. The summed E-state index contributed by atoms with van der Waals surface area (Å²) in [6, 6.07) is 82.6. The Bertz CT molecular complexity index is 3730. The first kappa shape index (κ1) is 43.0. The van der Waals surface area contributed by atoms with E-state index in [-0.39, 0.29) is 0 Å². The first-order valence-corrected chi connectivity index (χ1v) is 22.8. The second-order valence-electron chi connectivity index (χ2n) is 16.8. The molecule has 0 atom stereocenters. The molecule has 0 unspecified atom stereocenters. The van der Waals surface area contributed by atoms with Crippen molar-refractivity contribution in [1.29, 1.82) is 21.0 Å². The molecular weight excluding hydrogens is 871 g/mol. The number of para-hydroxylation sites is 2. The summed E-state index contributed by atoms with van der Waals surface area (Å²) >= 11 is 0. The lowest BCUT2D eigenvalue weighted by Gasteiger charge is -2.26. The molecule has 9 aromatic carbocycles. The van der Waals surface area contributed by atoms with Crippen LogP contribution in [-0.4, -0.2) is 14.5 Å². The molecule has 11 rings (SSSR count). The van der Waals surface area contributed by atoms with E-state index in [0.29, 0.717) is 45.0 Å². The monoisotopic (exact) mass is 907 g/mol. The van der Waals surface area contributed by atoms with E-state index in [9.17, 15) is 21.0 Å². The third kappa shape index (κ3) is 8.32. The highest BCUT2D eigenvalue weighted by Crippen LogP contribution is 2.43.